The number of hydrogen-bond donors (Lipinski definition) is 2. The summed E-state index contributed by atoms with van der Waals surface area (Å²) < 4.78 is 1.94. The quantitative estimate of drug-likeness (QED) is 0.742. The van der Waals surface area contributed by atoms with Crippen LogP contribution in [0.2, 0.25) is 0 Å². The maximum atomic E-state index is 4.89. The van der Waals surface area contributed by atoms with Gasteiger partial charge in [0.25, 0.3) is 0 Å². The highest BCUT2D eigenvalue weighted by molar-refractivity contribution is 5.60. The Hall–Kier alpha value is -2.73. The van der Waals surface area contributed by atoms with Gasteiger partial charge < -0.3 is 10.6 Å². The molecule has 0 unspecified atom stereocenters. The van der Waals surface area contributed by atoms with E-state index in [0.29, 0.717) is 0 Å². The molecule has 2 aromatic heterocycles. The van der Waals surface area contributed by atoms with Gasteiger partial charge in [-0.2, -0.15) is 5.10 Å². The molecule has 6 heteroatoms. The Balaban J connectivity index is 1.67. The second-order valence-corrected chi connectivity index (χ2v) is 6.71. The molecule has 0 radical (unpaired) electrons. The van der Waals surface area contributed by atoms with E-state index in [0.717, 1.165) is 55.4 Å². The van der Waals surface area contributed by atoms with Crippen molar-refractivity contribution in [1.82, 2.24) is 25.1 Å². The van der Waals surface area contributed by atoms with E-state index in [1.54, 1.807) is 0 Å². The Morgan fingerprint density at radius 3 is 2.77 bits per heavy atom. The van der Waals surface area contributed by atoms with Crippen molar-refractivity contribution in [3.8, 4) is 11.4 Å². The third-order valence-corrected chi connectivity index (χ3v) is 4.62. The molecule has 1 aliphatic rings. The minimum Gasteiger partial charge on any atom is -0.365 e. The van der Waals surface area contributed by atoms with Gasteiger partial charge in [-0.3, -0.25) is 4.68 Å². The second-order valence-electron chi connectivity index (χ2n) is 6.71. The van der Waals surface area contributed by atoms with E-state index < -0.39 is 0 Å². The summed E-state index contributed by atoms with van der Waals surface area (Å²) >= 11 is 0. The average molecular weight is 348 g/mol. The van der Waals surface area contributed by atoms with Gasteiger partial charge in [0.1, 0.15) is 5.82 Å². The smallest absolute Gasteiger partial charge is 0.161 e. The van der Waals surface area contributed by atoms with E-state index in [-0.39, 0.29) is 6.04 Å². The van der Waals surface area contributed by atoms with Gasteiger partial charge in [-0.25, -0.2) is 9.97 Å². The first-order valence-electron chi connectivity index (χ1n) is 9.19. The van der Waals surface area contributed by atoms with Crippen LogP contribution < -0.4 is 10.6 Å². The number of benzene rings is 1. The highest BCUT2D eigenvalue weighted by Gasteiger charge is 2.18. The Morgan fingerprint density at radius 1 is 1.12 bits per heavy atom. The predicted molar refractivity (Wildman–Crippen MR) is 103 cm³/mol. The molecule has 4 rings (SSSR count). The van der Waals surface area contributed by atoms with Gasteiger partial charge in [-0.1, -0.05) is 30.3 Å². The largest absolute Gasteiger partial charge is 0.365 e. The van der Waals surface area contributed by atoms with Crippen LogP contribution in [0.4, 0.5) is 5.82 Å². The molecular formula is C20H24N6. The second kappa shape index (κ2) is 7.66. The monoisotopic (exact) mass is 348 g/mol. The molecular weight excluding hydrogens is 324 g/mol. The number of fused-ring (bicyclic) bond motifs is 1. The fraction of sp³-hybridized carbons (Fsp3) is 0.350. The summed E-state index contributed by atoms with van der Waals surface area (Å²) in [6.07, 6.45) is 5.67. The molecule has 26 heavy (non-hydrogen) atoms. The van der Waals surface area contributed by atoms with Gasteiger partial charge in [0.05, 0.1) is 12.2 Å². The van der Waals surface area contributed by atoms with Crippen molar-refractivity contribution in [3.63, 3.8) is 0 Å². The lowest BCUT2D eigenvalue weighted by Crippen LogP contribution is -2.24. The number of hydrogen-bond acceptors (Lipinski definition) is 5. The highest BCUT2D eigenvalue weighted by Crippen LogP contribution is 2.25. The van der Waals surface area contributed by atoms with Crippen LogP contribution in [0.1, 0.15) is 18.2 Å². The average Bonchev–Trinajstić information content (AvgIpc) is 3.04. The minimum absolute atomic E-state index is 0.216. The molecule has 3 heterocycles. The first-order valence-corrected chi connectivity index (χ1v) is 9.19. The molecule has 1 aromatic carbocycles. The zero-order chi connectivity index (χ0) is 17.8. The predicted octanol–water partition coefficient (Wildman–Crippen LogP) is 2.53. The van der Waals surface area contributed by atoms with Crippen LogP contribution in [0.3, 0.4) is 0 Å². The first kappa shape index (κ1) is 16.7. The van der Waals surface area contributed by atoms with E-state index in [1.807, 2.05) is 41.3 Å². The van der Waals surface area contributed by atoms with Crippen LogP contribution in [-0.4, -0.2) is 38.9 Å². The van der Waals surface area contributed by atoms with Crippen LogP contribution in [0.15, 0.2) is 48.8 Å². The van der Waals surface area contributed by atoms with Gasteiger partial charge in [0.15, 0.2) is 5.82 Å². The van der Waals surface area contributed by atoms with E-state index in [2.05, 4.69) is 34.8 Å². The Labute approximate surface area is 153 Å². The van der Waals surface area contributed by atoms with Gasteiger partial charge >= 0.3 is 0 Å². The van der Waals surface area contributed by atoms with E-state index in [9.17, 15) is 0 Å². The fourth-order valence-electron chi connectivity index (χ4n) is 3.35. The number of nitrogens with one attached hydrogen (secondary N) is 2. The van der Waals surface area contributed by atoms with Crippen molar-refractivity contribution in [2.24, 2.45) is 0 Å². The Kier molecular flexibility index (Phi) is 4.93. The number of rotatable bonds is 5. The lowest BCUT2D eigenvalue weighted by Gasteiger charge is -2.19. The normalized spacial score (nSPS) is 15.1. The molecule has 1 aliphatic heterocycles. The maximum Gasteiger partial charge on any atom is 0.161 e. The van der Waals surface area contributed by atoms with Crippen molar-refractivity contribution >= 4 is 5.82 Å². The van der Waals surface area contributed by atoms with Gasteiger partial charge in [0, 0.05) is 42.5 Å². The van der Waals surface area contributed by atoms with Crippen LogP contribution in [0.5, 0.6) is 0 Å². The molecule has 0 saturated heterocycles. The van der Waals surface area contributed by atoms with E-state index in [4.69, 9.17) is 9.97 Å². The standard InChI is InChI=1S/C20H24N6/c1-15(14-26-13-5-10-22-26)23-20-17-8-11-21-12-9-18(17)24-19(25-20)16-6-3-2-4-7-16/h2-7,10,13,15,21H,8-9,11-12,14H2,1H3,(H,23,24,25)/t15-/m1/s1. The van der Waals surface area contributed by atoms with Gasteiger partial charge in [-0.05, 0) is 26.0 Å². The Bertz CT molecular complexity index is 844. The molecule has 2 N–H and O–H groups in total. The summed E-state index contributed by atoms with van der Waals surface area (Å²) in [7, 11) is 0. The fourth-order valence-corrected chi connectivity index (χ4v) is 3.35. The first-order chi connectivity index (χ1) is 12.8. The molecule has 0 amide bonds. The van der Waals surface area contributed by atoms with Gasteiger partial charge in [-0.15, -0.1) is 0 Å². The van der Waals surface area contributed by atoms with E-state index in [1.165, 1.54) is 5.56 Å². The lowest BCUT2D eigenvalue weighted by molar-refractivity contribution is 0.559. The topological polar surface area (TPSA) is 67.7 Å². The number of anilines is 1. The number of aromatic nitrogens is 4. The SMILES string of the molecule is C[C@H](Cn1cccn1)Nc1nc(-c2ccccc2)nc2c1CCNCC2. The zero-order valence-corrected chi connectivity index (χ0v) is 15.0. The Morgan fingerprint density at radius 2 is 1.96 bits per heavy atom. The molecule has 0 spiro atoms. The summed E-state index contributed by atoms with van der Waals surface area (Å²) in [5.74, 6) is 1.75. The van der Waals surface area contributed by atoms with Crippen molar-refractivity contribution in [3.05, 3.63) is 60.0 Å². The highest BCUT2D eigenvalue weighted by atomic mass is 15.3. The molecule has 1 atom stereocenters. The molecule has 0 aliphatic carbocycles. The van der Waals surface area contributed by atoms with Crippen molar-refractivity contribution in [2.45, 2.75) is 32.4 Å². The third kappa shape index (κ3) is 3.75. The number of nitrogens with zero attached hydrogens (tertiary/aromatic N) is 4. The maximum absolute atomic E-state index is 4.89. The van der Waals surface area contributed by atoms with Crippen LogP contribution in [-0.2, 0) is 19.4 Å². The summed E-state index contributed by atoms with van der Waals surface area (Å²) in [4.78, 5) is 9.77. The molecule has 6 nitrogen and oxygen atoms in total. The third-order valence-electron chi connectivity index (χ3n) is 4.62. The molecule has 0 fully saturated rings. The molecule has 134 valence electrons. The van der Waals surface area contributed by atoms with Crippen LogP contribution >= 0.6 is 0 Å². The van der Waals surface area contributed by atoms with Crippen LogP contribution in [0.25, 0.3) is 11.4 Å². The van der Waals surface area contributed by atoms with Crippen LogP contribution in [0, 0.1) is 0 Å². The summed E-state index contributed by atoms with van der Waals surface area (Å²) in [5.41, 5.74) is 3.44. The van der Waals surface area contributed by atoms with Crippen molar-refractivity contribution in [2.75, 3.05) is 18.4 Å². The summed E-state index contributed by atoms with van der Waals surface area (Å²) in [6.45, 7) is 4.88. The summed E-state index contributed by atoms with van der Waals surface area (Å²) in [5, 5.41) is 11.4. The zero-order valence-electron chi connectivity index (χ0n) is 15.0. The van der Waals surface area contributed by atoms with Crippen molar-refractivity contribution < 1.29 is 0 Å². The summed E-state index contributed by atoms with van der Waals surface area (Å²) in [6, 6.07) is 12.4. The van der Waals surface area contributed by atoms with Crippen molar-refractivity contribution in [1.29, 1.82) is 0 Å². The minimum atomic E-state index is 0.216. The lowest BCUT2D eigenvalue weighted by atomic mass is 10.1. The molecule has 0 bridgehead atoms. The van der Waals surface area contributed by atoms with Gasteiger partial charge in [0.2, 0.25) is 0 Å². The molecule has 3 aromatic rings. The van der Waals surface area contributed by atoms with E-state index >= 15 is 0 Å². The molecule has 0 saturated carbocycles.